The van der Waals surface area contributed by atoms with Crippen molar-refractivity contribution >= 4 is 45.0 Å². The number of nitrogens with zero attached hydrogens (tertiary/aromatic N) is 2. The summed E-state index contributed by atoms with van der Waals surface area (Å²) < 4.78 is 18.6. The van der Waals surface area contributed by atoms with Crippen LogP contribution in [0, 0.1) is 0 Å². The predicted octanol–water partition coefficient (Wildman–Crippen LogP) is 3.82. The topological polar surface area (TPSA) is 79.1 Å². The van der Waals surface area contributed by atoms with Crippen molar-refractivity contribution in [3.63, 3.8) is 0 Å². The van der Waals surface area contributed by atoms with Crippen molar-refractivity contribution in [2.24, 2.45) is 4.99 Å². The second-order valence-corrected chi connectivity index (χ2v) is 7.53. The van der Waals surface area contributed by atoms with E-state index < -0.39 is 11.9 Å². The standard InChI is InChI=1S/C21H21ClN2O5S/c1-3-27-16-9-10-17-18(11-16)30-21(24(17)12-20(26)28-4-2)23-19(25)13-29-15-7-5-14(22)6-8-15/h5-11H,3-4,12-13H2,1-2H3. The van der Waals surface area contributed by atoms with Crippen molar-refractivity contribution in [3.05, 3.63) is 52.3 Å². The van der Waals surface area contributed by atoms with Crippen LogP contribution in [0.1, 0.15) is 13.8 Å². The molecule has 30 heavy (non-hydrogen) atoms. The zero-order valence-corrected chi connectivity index (χ0v) is 18.2. The number of fused-ring (bicyclic) bond motifs is 1. The maximum Gasteiger partial charge on any atom is 0.326 e. The van der Waals surface area contributed by atoms with Crippen LogP contribution < -0.4 is 14.3 Å². The Labute approximate surface area is 182 Å². The number of hydrogen-bond acceptors (Lipinski definition) is 6. The maximum absolute atomic E-state index is 12.4. The summed E-state index contributed by atoms with van der Waals surface area (Å²) in [6.45, 7) is 4.17. The molecular weight excluding hydrogens is 428 g/mol. The number of thiazole rings is 1. The fourth-order valence-electron chi connectivity index (χ4n) is 2.70. The van der Waals surface area contributed by atoms with Gasteiger partial charge in [-0.15, -0.1) is 0 Å². The molecule has 0 atom stereocenters. The number of esters is 1. The summed E-state index contributed by atoms with van der Waals surface area (Å²) in [5.41, 5.74) is 0.765. The smallest absolute Gasteiger partial charge is 0.326 e. The molecule has 0 aliphatic carbocycles. The molecule has 0 fully saturated rings. The third kappa shape index (κ3) is 5.61. The van der Waals surface area contributed by atoms with E-state index in [1.807, 2.05) is 25.1 Å². The quantitative estimate of drug-likeness (QED) is 0.489. The Bertz CT molecular complexity index is 1100. The number of rotatable bonds is 8. The molecule has 0 bridgehead atoms. The van der Waals surface area contributed by atoms with Crippen molar-refractivity contribution in [2.45, 2.75) is 20.4 Å². The second kappa shape index (κ2) is 10.3. The van der Waals surface area contributed by atoms with E-state index in [4.69, 9.17) is 25.8 Å². The van der Waals surface area contributed by atoms with Gasteiger partial charge >= 0.3 is 5.97 Å². The first-order valence-electron chi connectivity index (χ1n) is 9.38. The summed E-state index contributed by atoms with van der Waals surface area (Å²) in [5, 5.41) is 0.579. The minimum absolute atomic E-state index is 0.0496. The van der Waals surface area contributed by atoms with Gasteiger partial charge in [-0.05, 0) is 56.3 Å². The van der Waals surface area contributed by atoms with E-state index in [1.165, 1.54) is 11.3 Å². The third-order valence-electron chi connectivity index (χ3n) is 3.95. The predicted molar refractivity (Wildman–Crippen MR) is 115 cm³/mol. The van der Waals surface area contributed by atoms with Crippen LogP contribution in [-0.2, 0) is 20.9 Å². The number of ether oxygens (including phenoxy) is 3. The summed E-state index contributed by atoms with van der Waals surface area (Å²) in [6.07, 6.45) is 0. The minimum Gasteiger partial charge on any atom is -0.494 e. The van der Waals surface area contributed by atoms with Crippen molar-refractivity contribution in [1.29, 1.82) is 0 Å². The number of hydrogen-bond donors (Lipinski definition) is 0. The molecule has 3 rings (SSSR count). The maximum atomic E-state index is 12.4. The Morgan fingerprint density at radius 1 is 1.03 bits per heavy atom. The summed E-state index contributed by atoms with van der Waals surface area (Å²) in [7, 11) is 0. The molecule has 1 heterocycles. The first-order chi connectivity index (χ1) is 14.5. The average molecular weight is 449 g/mol. The molecule has 3 aromatic rings. The molecule has 0 saturated heterocycles. The highest BCUT2D eigenvalue weighted by Crippen LogP contribution is 2.23. The van der Waals surface area contributed by atoms with Crippen LogP contribution in [0.2, 0.25) is 5.02 Å². The normalized spacial score (nSPS) is 11.5. The van der Waals surface area contributed by atoms with Gasteiger partial charge in [-0.25, -0.2) is 0 Å². The van der Waals surface area contributed by atoms with E-state index in [0.717, 1.165) is 10.2 Å². The van der Waals surface area contributed by atoms with E-state index in [1.54, 1.807) is 35.8 Å². The van der Waals surface area contributed by atoms with Crippen LogP contribution in [0.15, 0.2) is 47.5 Å². The van der Waals surface area contributed by atoms with Crippen LogP contribution in [0.5, 0.6) is 11.5 Å². The van der Waals surface area contributed by atoms with Gasteiger partial charge in [0.25, 0.3) is 5.91 Å². The van der Waals surface area contributed by atoms with Gasteiger partial charge in [0, 0.05) is 5.02 Å². The van der Waals surface area contributed by atoms with Crippen LogP contribution in [-0.4, -0.2) is 36.3 Å². The summed E-state index contributed by atoms with van der Waals surface area (Å²) >= 11 is 7.13. The van der Waals surface area contributed by atoms with E-state index >= 15 is 0 Å². The number of carbonyl (C=O) groups is 2. The fourth-order valence-corrected chi connectivity index (χ4v) is 3.90. The van der Waals surface area contributed by atoms with Gasteiger partial charge in [-0.2, -0.15) is 4.99 Å². The second-order valence-electron chi connectivity index (χ2n) is 6.09. The molecule has 9 heteroatoms. The summed E-state index contributed by atoms with van der Waals surface area (Å²) in [5.74, 6) is 0.343. The SMILES string of the molecule is CCOC(=O)Cn1c(=NC(=O)COc2ccc(Cl)cc2)sc2cc(OCC)ccc21. The van der Waals surface area contributed by atoms with Gasteiger partial charge in [0.1, 0.15) is 18.0 Å². The number of carbonyl (C=O) groups excluding carboxylic acids is 2. The zero-order valence-electron chi connectivity index (χ0n) is 16.6. The molecule has 0 radical (unpaired) electrons. The van der Waals surface area contributed by atoms with Gasteiger partial charge < -0.3 is 18.8 Å². The fraction of sp³-hybridized carbons (Fsp3) is 0.286. The molecule has 0 aliphatic heterocycles. The summed E-state index contributed by atoms with van der Waals surface area (Å²) in [4.78, 5) is 29.0. The zero-order chi connectivity index (χ0) is 21.5. The number of aromatic nitrogens is 1. The number of benzene rings is 2. The van der Waals surface area contributed by atoms with Gasteiger partial charge in [0.2, 0.25) is 0 Å². The van der Waals surface area contributed by atoms with Crippen LogP contribution >= 0.6 is 22.9 Å². The van der Waals surface area contributed by atoms with E-state index in [-0.39, 0.29) is 19.8 Å². The van der Waals surface area contributed by atoms with Crippen molar-refractivity contribution < 1.29 is 23.8 Å². The molecule has 0 saturated carbocycles. The molecule has 1 aromatic heterocycles. The van der Waals surface area contributed by atoms with Gasteiger partial charge in [-0.3, -0.25) is 9.59 Å². The molecule has 2 aromatic carbocycles. The molecule has 0 unspecified atom stereocenters. The molecule has 1 amide bonds. The third-order valence-corrected chi connectivity index (χ3v) is 5.25. The van der Waals surface area contributed by atoms with Crippen molar-refractivity contribution in [1.82, 2.24) is 4.57 Å². The van der Waals surface area contributed by atoms with Gasteiger partial charge in [0.05, 0.1) is 23.4 Å². The van der Waals surface area contributed by atoms with Crippen LogP contribution in [0.3, 0.4) is 0 Å². The molecule has 0 spiro atoms. The lowest BCUT2D eigenvalue weighted by molar-refractivity contribution is -0.143. The lowest BCUT2D eigenvalue weighted by Gasteiger charge is -2.06. The first-order valence-corrected chi connectivity index (χ1v) is 10.6. The lowest BCUT2D eigenvalue weighted by Crippen LogP contribution is -2.24. The molecule has 0 aliphatic rings. The van der Waals surface area contributed by atoms with Gasteiger partial charge in [0.15, 0.2) is 11.4 Å². The first kappa shape index (κ1) is 21.9. The van der Waals surface area contributed by atoms with Crippen molar-refractivity contribution in [2.75, 3.05) is 19.8 Å². The molecule has 0 N–H and O–H groups in total. The Balaban J connectivity index is 1.89. The van der Waals surface area contributed by atoms with E-state index in [0.29, 0.717) is 27.9 Å². The van der Waals surface area contributed by atoms with Gasteiger partial charge in [-0.1, -0.05) is 22.9 Å². The Morgan fingerprint density at radius 3 is 2.47 bits per heavy atom. The molecular formula is C21H21ClN2O5S. The van der Waals surface area contributed by atoms with E-state index in [2.05, 4.69) is 4.99 Å². The minimum atomic E-state index is -0.473. The monoisotopic (exact) mass is 448 g/mol. The summed E-state index contributed by atoms with van der Waals surface area (Å²) in [6, 6.07) is 12.2. The largest absolute Gasteiger partial charge is 0.494 e. The van der Waals surface area contributed by atoms with Crippen LogP contribution in [0.4, 0.5) is 0 Å². The number of halogens is 1. The van der Waals surface area contributed by atoms with Crippen LogP contribution in [0.25, 0.3) is 10.2 Å². The average Bonchev–Trinajstić information content (AvgIpc) is 3.04. The highest BCUT2D eigenvalue weighted by atomic mass is 35.5. The highest BCUT2D eigenvalue weighted by Gasteiger charge is 2.13. The van der Waals surface area contributed by atoms with E-state index in [9.17, 15) is 9.59 Å². The Hall–Kier alpha value is -2.84. The van der Waals surface area contributed by atoms with Crippen molar-refractivity contribution in [3.8, 4) is 11.5 Å². The molecule has 158 valence electrons. The molecule has 7 nitrogen and oxygen atoms in total. The Kier molecular flexibility index (Phi) is 7.48. The highest BCUT2D eigenvalue weighted by molar-refractivity contribution is 7.16. The Morgan fingerprint density at radius 2 is 1.77 bits per heavy atom. The number of amides is 1. The lowest BCUT2D eigenvalue weighted by atomic mass is 10.3.